The molecule has 30 heavy (non-hydrogen) atoms. The van der Waals surface area contributed by atoms with Crippen LogP contribution in [-0.2, 0) is 14.3 Å². The maximum atomic E-state index is 12.8. The molecule has 1 saturated heterocycles. The SMILES string of the molecule is COCCNC(=O)CN1C(=O)S/C(=C\c2c(OC)ccc3ccc(OC)cc23)C1=O. The third kappa shape index (κ3) is 4.58. The number of fused-ring (bicyclic) bond motifs is 1. The van der Waals surface area contributed by atoms with Crippen LogP contribution in [-0.4, -0.2) is 63.0 Å². The second-order valence-electron chi connectivity index (χ2n) is 6.38. The molecule has 0 aromatic heterocycles. The first-order valence-corrected chi connectivity index (χ1v) is 9.96. The predicted octanol–water partition coefficient (Wildman–Crippen LogP) is 2.66. The van der Waals surface area contributed by atoms with E-state index < -0.39 is 17.1 Å². The van der Waals surface area contributed by atoms with Crippen LogP contribution in [0.3, 0.4) is 0 Å². The molecule has 8 nitrogen and oxygen atoms in total. The normalized spacial score (nSPS) is 15.2. The van der Waals surface area contributed by atoms with Crippen molar-refractivity contribution in [3.63, 3.8) is 0 Å². The highest BCUT2D eigenvalue weighted by atomic mass is 32.2. The van der Waals surface area contributed by atoms with E-state index in [9.17, 15) is 14.4 Å². The molecule has 0 unspecified atom stereocenters. The number of carbonyl (C=O) groups excluding carboxylic acids is 3. The lowest BCUT2D eigenvalue weighted by molar-refractivity contribution is -0.129. The van der Waals surface area contributed by atoms with Gasteiger partial charge in [-0.25, -0.2) is 0 Å². The second kappa shape index (κ2) is 9.64. The number of carbonyl (C=O) groups is 3. The largest absolute Gasteiger partial charge is 0.497 e. The third-order valence-corrected chi connectivity index (χ3v) is 5.44. The van der Waals surface area contributed by atoms with Gasteiger partial charge in [0.05, 0.1) is 25.7 Å². The van der Waals surface area contributed by atoms with E-state index in [4.69, 9.17) is 14.2 Å². The number of imide groups is 1. The minimum absolute atomic E-state index is 0.221. The fraction of sp³-hybridized carbons (Fsp3) is 0.286. The number of nitrogens with one attached hydrogen (secondary N) is 1. The number of nitrogens with zero attached hydrogens (tertiary/aromatic N) is 1. The number of hydrogen-bond donors (Lipinski definition) is 1. The lowest BCUT2D eigenvalue weighted by atomic mass is 10.0. The van der Waals surface area contributed by atoms with Crippen molar-refractivity contribution in [1.29, 1.82) is 0 Å². The Hall–Kier alpha value is -3.04. The molecule has 1 N–H and O–H groups in total. The second-order valence-corrected chi connectivity index (χ2v) is 7.37. The van der Waals surface area contributed by atoms with Crippen LogP contribution in [0.4, 0.5) is 4.79 Å². The van der Waals surface area contributed by atoms with Gasteiger partial charge in [0.1, 0.15) is 18.0 Å². The van der Waals surface area contributed by atoms with Crippen LogP contribution in [0.5, 0.6) is 11.5 Å². The Morgan fingerprint density at radius 2 is 1.90 bits per heavy atom. The average Bonchev–Trinajstić information content (AvgIpc) is 3.01. The Balaban J connectivity index is 1.91. The van der Waals surface area contributed by atoms with Crippen molar-refractivity contribution < 1.29 is 28.6 Å². The van der Waals surface area contributed by atoms with Gasteiger partial charge < -0.3 is 19.5 Å². The zero-order chi connectivity index (χ0) is 21.7. The molecule has 9 heteroatoms. The van der Waals surface area contributed by atoms with Crippen LogP contribution >= 0.6 is 11.8 Å². The Bertz CT molecular complexity index is 1010. The Morgan fingerprint density at radius 1 is 1.13 bits per heavy atom. The van der Waals surface area contributed by atoms with Gasteiger partial charge in [-0.3, -0.25) is 19.3 Å². The summed E-state index contributed by atoms with van der Waals surface area (Å²) in [7, 11) is 4.63. The molecule has 0 saturated carbocycles. The third-order valence-electron chi connectivity index (χ3n) is 4.53. The monoisotopic (exact) mass is 430 g/mol. The first kappa shape index (κ1) is 21.7. The van der Waals surface area contributed by atoms with E-state index >= 15 is 0 Å². The molecular weight excluding hydrogens is 408 g/mol. The van der Waals surface area contributed by atoms with E-state index in [1.165, 1.54) is 14.2 Å². The maximum absolute atomic E-state index is 12.8. The fourth-order valence-electron chi connectivity index (χ4n) is 3.02. The van der Waals surface area contributed by atoms with E-state index in [-0.39, 0.29) is 11.4 Å². The van der Waals surface area contributed by atoms with E-state index in [0.29, 0.717) is 30.2 Å². The number of thioether (sulfide) groups is 1. The molecule has 1 heterocycles. The van der Waals surface area contributed by atoms with E-state index in [0.717, 1.165) is 27.4 Å². The van der Waals surface area contributed by atoms with Gasteiger partial charge in [0.25, 0.3) is 11.1 Å². The molecular formula is C21H22N2O6S. The van der Waals surface area contributed by atoms with Crippen LogP contribution in [0.2, 0.25) is 0 Å². The minimum atomic E-state index is -0.520. The quantitative estimate of drug-likeness (QED) is 0.508. The molecule has 0 aliphatic carbocycles. The van der Waals surface area contributed by atoms with Gasteiger partial charge in [-0.15, -0.1) is 0 Å². The maximum Gasteiger partial charge on any atom is 0.294 e. The van der Waals surface area contributed by atoms with Gasteiger partial charge in [0, 0.05) is 19.2 Å². The molecule has 1 aliphatic rings. The summed E-state index contributed by atoms with van der Waals surface area (Å²) < 4.78 is 15.6. The summed E-state index contributed by atoms with van der Waals surface area (Å²) in [4.78, 5) is 38.3. The van der Waals surface area contributed by atoms with Crippen molar-refractivity contribution >= 4 is 45.7 Å². The summed E-state index contributed by atoms with van der Waals surface area (Å²) in [5, 5.41) is 3.85. The van der Waals surface area contributed by atoms with E-state index in [2.05, 4.69) is 5.32 Å². The molecule has 0 radical (unpaired) electrons. The Morgan fingerprint density at radius 3 is 2.60 bits per heavy atom. The molecule has 1 aliphatic heterocycles. The summed E-state index contributed by atoms with van der Waals surface area (Å²) in [6.45, 7) is 0.306. The number of amides is 3. The van der Waals surface area contributed by atoms with Gasteiger partial charge in [0.2, 0.25) is 5.91 Å². The zero-order valence-electron chi connectivity index (χ0n) is 16.9. The van der Waals surface area contributed by atoms with Crippen molar-refractivity contribution in [1.82, 2.24) is 10.2 Å². The number of methoxy groups -OCH3 is 3. The predicted molar refractivity (Wildman–Crippen MR) is 115 cm³/mol. The topological polar surface area (TPSA) is 94.2 Å². The first-order chi connectivity index (χ1) is 14.5. The lowest BCUT2D eigenvalue weighted by Gasteiger charge is -2.12. The minimum Gasteiger partial charge on any atom is -0.497 e. The summed E-state index contributed by atoms with van der Waals surface area (Å²) in [5.41, 5.74) is 0.656. The van der Waals surface area contributed by atoms with Crippen molar-refractivity contribution in [2.45, 2.75) is 0 Å². The summed E-state index contributed by atoms with van der Waals surface area (Å²) in [6.07, 6.45) is 1.62. The van der Waals surface area contributed by atoms with Gasteiger partial charge in [0.15, 0.2) is 0 Å². The smallest absolute Gasteiger partial charge is 0.294 e. The zero-order valence-corrected chi connectivity index (χ0v) is 17.7. The van der Waals surface area contributed by atoms with Gasteiger partial charge in [-0.05, 0) is 46.8 Å². The lowest BCUT2D eigenvalue weighted by Crippen LogP contribution is -2.40. The summed E-state index contributed by atoms with van der Waals surface area (Å²) >= 11 is 0.792. The molecule has 0 bridgehead atoms. The average molecular weight is 430 g/mol. The fourth-order valence-corrected chi connectivity index (χ4v) is 3.84. The first-order valence-electron chi connectivity index (χ1n) is 9.14. The molecule has 0 atom stereocenters. The van der Waals surface area contributed by atoms with Crippen LogP contribution in [0.25, 0.3) is 16.8 Å². The van der Waals surface area contributed by atoms with Crippen LogP contribution in [0.15, 0.2) is 35.2 Å². The summed E-state index contributed by atoms with van der Waals surface area (Å²) in [5.74, 6) is 0.267. The van der Waals surface area contributed by atoms with Crippen molar-refractivity contribution in [2.75, 3.05) is 41.0 Å². The number of hydrogen-bond acceptors (Lipinski definition) is 7. The highest BCUT2D eigenvalue weighted by Gasteiger charge is 2.36. The van der Waals surface area contributed by atoms with E-state index in [1.54, 1.807) is 19.3 Å². The van der Waals surface area contributed by atoms with Gasteiger partial charge >= 0.3 is 0 Å². The molecule has 0 spiro atoms. The number of benzene rings is 2. The van der Waals surface area contributed by atoms with Gasteiger partial charge in [-0.1, -0.05) is 12.1 Å². The van der Waals surface area contributed by atoms with E-state index in [1.807, 2.05) is 24.3 Å². The Labute approximate surface area is 178 Å². The van der Waals surface area contributed by atoms with Crippen LogP contribution < -0.4 is 14.8 Å². The number of ether oxygens (including phenoxy) is 3. The van der Waals surface area contributed by atoms with Crippen molar-refractivity contribution in [3.05, 3.63) is 40.8 Å². The van der Waals surface area contributed by atoms with Crippen molar-refractivity contribution in [3.8, 4) is 11.5 Å². The highest BCUT2D eigenvalue weighted by Crippen LogP contribution is 2.37. The van der Waals surface area contributed by atoms with Gasteiger partial charge in [-0.2, -0.15) is 0 Å². The molecule has 3 amide bonds. The number of rotatable bonds is 8. The van der Waals surface area contributed by atoms with Crippen LogP contribution in [0.1, 0.15) is 5.56 Å². The van der Waals surface area contributed by atoms with Crippen molar-refractivity contribution in [2.24, 2.45) is 0 Å². The highest BCUT2D eigenvalue weighted by molar-refractivity contribution is 8.18. The molecule has 1 fully saturated rings. The standard InChI is InChI=1S/C21H22N2O6S/c1-27-9-8-22-19(24)12-23-20(25)18(30-21(23)26)11-16-15-10-14(28-2)6-4-13(15)5-7-17(16)29-3/h4-7,10-11H,8-9,12H2,1-3H3,(H,22,24)/b18-11-. The summed E-state index contributed by atoms with van der Waals surface area (Å²) in [6, 6.07) is 9.29. The molecule has 158 valence electrons. The molecule has 2 aromatic carbocycles. The van der Waals surface area contributed by atoms with Crippen LogP contribution in [0, 0.1) is 0 Å². The molecule has 2 aromatic rings. The Kier molecular flexibility index (Phi) is 6.96. The molecule has 3 rings (SSSR count).